The lowest BCUT2D eigenvalue weighted by atomic mass is 10.2. The van der Waals surface area contributed by atoms with Crippen LogP contribution in [0.4, 0.5) is 5.13 Å². The van der Waals surface area contributed by atoms with Crippen LogP contribution in [-0.2, 0) is 11.2 Å². The van der Waals surface area contributed by atoms with Crippen LogP contribution in [0.2, 0.25) is 0 Å². The van der Waals surface area contributed by atoms with Crippen LogP contribution in [0.15, 0.2) is 36.5 Å². The topological polar surface area (TPSA) is 80.7 Å². The van der Waals surface area contributed by atoms with E-state index in [1.165, 1.54) is 30.3 Å². The fourth-order valence-electron chi connectivity index (χ4n) is 2.29. The Hall–Kier alpha value is -2.67. The molecule has 6 nitrogen and oxygen atoms in total. The summed E-state index contributed by atoms with van der Waals surface area (Å²) >= 11 is 1.42. The van der Waals surface area contributed by atoms with E-state index in [1.54, 1.807) is 12.3 Å². The van der Waals surface area contributed by atoms with Crippen molar-refractivity contribution in [2.75, 3.05) is 5.32 Å². The third-order valence-electron chi connectivity index (χ3n) is 3.56. The van der Waals surface area contributed by atoms with Crippen molar-refractivity contribution < 1.29 is 4.79 Å². The molecule has 7 heteroatoms. The summed E-state index contributed by atoms with van der Waals surface area (Å²) in [5.41, 5.74) is 2.26. The number of anilines is 1. The van der Waals surface area contributed by atoms with Crippen LogP contribution in [0, 0.1) is 0 Å². The standard InChI is InChI=1S/C18H19N5OS/c1-2-3-4-9-17-22-23-18(25-17)21-16(24)11-10-13-12-19-14-7-5-6-8-15(14)20-13/h5-8,10-12H,2-4,9H2,1H3,(H,21,23,24). The van der Waals surface area contributed by atoms with Crippen LogP contribution in [0.25, 0.3) is 17.1 Å². The second-order valence-corrected chi connectivity index (χ2v) is 6.63. The molecule has 1 aromatic carbocycles. The first kappa shape index (κ1) is 17.2. The van der Waals surface area contributed by atoms with Gasteiger partial charge in [0, 0.05) is 12.5 Å². The Balaban J connectivity index is 1.58. The molecule has 0 unspecified atom stereocenters. The molecule has 0 spiro atoms. The molecule has 2 heterocycles. The van der Waals surface area contributed by atoms with Gasteiger partial charge in [0.15, 0.2) is 0 Å². The summed E-state index contributed by atoms with van der Waals surface area (Å²) in [6.07, 6.45) is 9.06. The van der Waals surface area contributed by atoms with Gasteiger partial charge in [-0.25, -0.2) is 4.98 Å². The van der Waals surface area contributed by atoms with E-state index in [-0.39, 0.29) is 5.91 Å². The number of nitrogens with one attached hydrogen (secondary N) is 1. The fourth-order valence-corrected chi connectivity index (χ4v) is 3.08. The molecule has 2 aromatic heterocycles. The maximum absolute atomic E-state index is 12.0. The molecule has 0 aliphatic rings. The van der Waals surface area contributed by atoms with Crippen molar-refractivity contribution in [3.8, 4) is 0 Å². The quantitative estimate of drug-likeness (QED) is 0.515. The summed E-state index contributed by atoms with van der Waals surface area (Å²) in [6, 6.07) is 7.61. The van der Waals surface area contributed by atoms with E-state index in [2.05, 4.69) is 32.4 Å². The highest BCUT2D eigenvalue weighted by molar-refractivity contribution is 7.15. The zero-order valence-corrected chi connectivity index (χ0v) is 14.8. The summed E-state index contributed by atoms with van der Waals surface area (Å²) < 4.78 is 0. The number of amides is 1. The summed E-state index contributed by atoms with van der Waals surface area (Å²) in [5, 5.41) is 12.3. The minimum absolute atomic E-state index is 0.258. The van der Waals surface area contributed by atoms with Gasteiger partial charge in [-0.05, 0) is 24.6 Å². The van der Waals surface area contributed by atoms with E-state index in [0.29, 0.717) is 10.8 Å². The molecule has 0 saturated carbocycles. The molecule has 0 radical (unpaired) electrons. The zero-order chi connectivity index (χ0) is 17.5. The van der Waals surface area contributed by atoms with E-state index in [4.69, 9.17) is 0 Å². The molecular formula is C18H19N5OS. The minimum atomic E-state index is -0.258. The molecule has 1 N–H and O–H groups in total. The van der Waals surface area contributed by atoms with E-state index in [9.17, 15) is 4.79 Å². The Morgan fingerprint density at radius 1 is 1.20 bits per heavy atom. The summed E-state index contributed by atoms with van der Waals surface area (Å²) in [6.45, 7) is 2.16. The first-order valence-corrected chi connectivity index (χ1v) is 9.09. The van der Waals surface area contributed by atoms with Gasteiger partial charge in [0.25, 0.3) is 0 Å². The third-order valence-corrected chi connectivity index (χ3v) is 4.46. The number of unbranched alkanes of at least 4 members (excludes halogenated alkanes) is 2. The molecule has 0 saturated heterocycles. The van der Waals surface area contributed by atoms with Gasteiger partial charge in [-0.2, -0.15) is 0 Å². The highest BCUT2D eigenvalue weighted by Crippen LogP contribution is 2.17. The normalized spacial score (nSPS) is 11.2. The number of hydrogen-bond acceptors (Lipinski definition) is 6. The summed E-state index contributed by atoms with van der Waals surface area (Å²) in [7, 11) is 0. The molecule has 3 rings (SSSR count). The monoisotopic (exact) mass is 353 g/mol. The number of benzene rings is 1. The summed E-state index contributed by atoms with van der Waals surface area (Å²) in [4.78, 5) is 20.8. The smallest absolute Gasteiger partial charge is 0.250 e. The summed E-state index contributed by atoms with van der Waals surface area (Å²) in [5.74, 6) is -0.258. The lowest BCUT2D eigenvalue weighted by Crippen LogP contribution is -2.07. The Kier molecular flexibility index (Phi) is 5.79. The minimum Gasteiger partial charge on any atom is -0.297 e. The Morgan fingerprint density at radius 2 is 2.04 bits per heavy atom. The van der Waals surface area contributed by atoms with Gasteiger partial charge in [-0.1, -0.05) is 43.2 Å². The Morgan fingerprint density at radius 3 is 2.88 bits per heavy atom. The first-order chi connectivity index (χ1) is 12.2. The molecule has 0 bridgehead atoms. The van der Waals surface area contributed by atoms with Crippen molar-refractivity contribution in [3.63, 3.8) is 0 Å². The number of rotatable bonds is 7. The van der Waals surface area contributed by atoms with Gasteiger partial charge in [-0.15, -0.1) is 10.2 Å². The number of carbonyl (C=O) groups is 1. The number of aromatic nitrogens is 4. The fraction of sp³-hybridized carbons (Fsp3) is 0.278. The molecule has 0 fully saturated rings. The van der Waals surface area contributed by atoms with Gasteiger partial charge >= 0.3 is 0 Å². The third kappa shape index (κ3) is 4.90. The average molecular weight is 353 g/mol. The molecular weight excluding hydrogens is 334 g/mol. The molecule has 0 aliphatic carbocycles. The molecule has 0 aliphatic heterocycles. The van der Waals surface area contributed by atoms with Crippen molar-refractivity contribution in [1.82, 2.24) is 20.2 Å². The number of aryl methyl sites for hydroxylation is 1. The van der Waals surface area contributed by atoms with Crippen molar-refractivity contribution in [2.45, 2.75) is 32.6 Å². The van der Waals surface area contributed by atoms with Crippen molar-refractivity contribution in [3.05, 3.63) is 47.2 Å². The Labute approximate surface area is 150 Å². The molecule has 3 aromatic rings. The number of carbonyl (C=O) groups excluding carboxylic acids is 1. The second-order valence-electron chi connectivity index (χ2n) is 5.56. The van der Waals surface area contributed by atoms with E-state index in [0.717, 1.165) is 28.9 Å². The molecule has 0 atom stereocenters. The highest BCUT2D eigenvalue weighted by atomic mass is 32.1. The van der Waals surface area contributed by atoms with Gasteiger partial charge in [0.2, 0.25) is 11.0 Å². The highest BCUT2D eigenvalue weighted by Gasteiger charge is 2.06. The Bertz CT molecular complexity index is 890. The van der Waals surface area contributed by atoms with Crippen LogP contribution in [-0.4, -0.2) is 26.1 Å². The lowest BCUT2D eigenvalue weighted by Gasteiger charge is -1.98. The zero-order valence-electron chi connectivity index (χ0n) is 14.0. The van der Waals surface area contributed by atoms with Gasteiger partial charge < -0.3 is 0 Å². The van der Waals surface area contributed by atoms with Crippen LogP contribution in [0.5, 0.6) is 0 Å². The molecule has 128 valence electrons. The number of hydrogen-bond donors (Lipinski definition) is 1. The van der Waals surface area contributed by atoms with Crippen LogP contribution < -0.4 is 5.32 Å². The first-order valence-electron chi connectivity index (χ1n) is 8.28. The maximum Gasteiger partial charge on any atom is 0.250 e. The second kappa shape index (κ2) is 8.43. The predicted molar refractivity (Wildman–Crippen MR) is 100 cm³/mol. The largest absolute Gasteiger partial charge is 0.297 e. The van der Waals surface area contributed by atoms with Crippen molar-refractivity contribution in [2.24, 2.45) is 0 Å². The van der Waals surface area contributed by atoms with Crippen molar-refractivity contribution in [1.29, 1.82) is 0 Å². The van der Waals surface area contributed by atoms with E-state index >= 15 is 0 Å². The van der Waals surface area contributed by atoms with Gasteiger partial charge in [-0.3, -0.25) is 15.1 Å². The number of para-hydroxylation sites is 2. The maximum atomic E-state index is 12.0. The lowest BCUT2D eigenvalue weighted by molar-refractivity contribution is -0.111. The number of fused-ring (bicyclic) bond motifs is 1. The van der Waals surface area contributed by atoms with Crippen LogP contribution in [0.1, 0.15) is 36.9 Å². The van der Waals surface area contributed by atoms with Gasteiger partial charge in [0.05, 0.1) is 22.9 Å². The SMILES string of the molecule is CCCCCc1nnc(NC(=O)C=Cc2cnc3ccccc3n2)s1. The van der Waals surface area contributed by atoms with Crippen LogP contribution >= 0.6 is 11.3 Å². The van der Waals surface area contributed by atoms with E-state index < -0.39 is 0 Å². The number of nitrogens with zero attached hydrogens (tertiary/aromatic N) is 4. The predicted octanol–water partition coefficient (Wildman–Crippen LogP) is 3.87. The molecule has 25 heavy (non-hydrogen) atoms. The average Bonchev–Trinajstić information content (AvgIpc) is 3.07. The molecule has 1 amide bonds. The van der Waals surface area contributed by atoms with Gasteiger partial charge in [0.1, 0.15) is 5.01 Å². The van der Waals surface area contributed by atoms with Crippen LogP contribution in [0.3, 0.4) is 0 Å². The van der Waals surface area contributed by atoms with Crippen molar-refractivity contribution >= 4 is 39.5 Å². The van der Waals surface area contributed by atoms with E-state index in [1.807, 2.05) is 24.3 Å².